The number of rotatable bonds is 5. The Hall–Kier alpha value is -2.20. The lowest BCUT2D eigenvalue weighted by atomic mass is 9.93. The van der Waals surface area contributed by atoms with Crippen molar-refractivity contribution in [1.82, 2.24) is 5.32 Å². The number of nitrogens with one attached hydrogen (secondary N) is 1. The molecule has 2 unspecified atom stereocenters. The molecular formula is C19H21FN2O. The van der Waals surface area contributed by atoms with Crippen molar-refractivity contribution in [1.29, 1.82) is 0 Å². The first kappa shape index (κ1) is 15.7. The van der Waals surface area contributed by atoms with Gasteiger partial charge in [0.2, 0.25) is 5.91 Å². The van der Waals surface area contributed by atoms with Crippen molar-refractivity contribution in [3.8, 4) is 0 Å². The van der Waals surface area contributed by atoms with Gasteiger partial charge in [0.25, 0.3) is 0 Å². The summed E-state index contributed by atoms with van der Waals surface area (Å²) in [6.45, 7) is 1.83. The fourth-order valence-electron chi connectivity index (χ4n) is 2.87. The van der Waals surface area contributed by atoms with Crippen LogP contribution in [0.2, 0.25) is 0 Å². The fraction of sp³-hybridized carbons (Fsp3) is 0.316. The number of amides is 1. The number of hydrogen-bond donors (Lipinski definition) is 2. The van der Waals surface area contributed by atoms with Gasteiger partial charge in [-0.05, 0) is 36.1 Å². The number of carbonyl (C=O) groups is 1. The van der Waals surface area contributed by atoms with E-state index in [1.165, 1.54) is 12.1 Å². The second-order valence-corrected chi connectivity index (χ2v) is 6.31. The van der Waals surface area contributed by atoms with E-state index < -0.39 is 5.54 Å². The average molecular weight is 312 g/mol. The maximum atomic E-state index is 13.4. The van der Waals surface area contributed by atoms with Crippen molar-refractivity contribution >= 4 is 5.91 Å². The van der Waals surface area contributed by atoms with Crippen molar-refractivity contribution in [3.05, 3.63) is 71.5 Å². The third kappa shape index (κ3) is 3.27. The highest BCUT2D eigenvalue weighted by Gasteiger charge is 2.46. The second kappa shape index (κ2) is 6.13. The second-order valence-electron chi connectivity index (χ2n) is 6.31. The molecule has 23 heavy (non-hydrogen) atoms. The highest BCUT2D eigenvalue weighted by molar-refractivity contribution is 5.80. The summed E-state index contributed by atoms with van der Waals surface area (Å²) in [6, 6.07) is 15.7. The minimum atomic E-state index is -0.427. The van der Waals surface area contributed by atoms with Gasteiger partial charge in [-0.3, -0.25) is 4.79 Å². The lowest BCUT2D eigenvalue weighted by molar-refractivity contribution is -0.126. The summed E-state index contributed by atoms with van der Waals surface area (Å²) < 4.78 is 13.4. The first-order valence-corrected chi connectivity index (χ1v) is 7.90. The van der Waals surface area contributed by atoms with Gasteiger partial charge in [0.15, 0.2) is 0 Å². The number of carbonyl (C=O) groups excluding carboxylic acids is 1. The van der Waals surface area contributed by atoms with E-state index in [1.807, 2.05) is 43.3 Å². The third-order valence-corrected chi connectivity index (χ3v) is 4.63. The smallest absolute Gasteiger partial charge is 0.225 e. The van der Waals surface area contributed by atoms with Crippen molar-refractivity contribution < 1.29 is 9.18 Å². The average Bonchev–Trinajstić information content (AvgIpc) is 3.35. The zero-order valence-corrected chi connectivity index (χ0v) is 13.1. The quantitative estimate of drug-likeness (QED) is 0.890. The van der Waals surface area contributed by atoms with Crippen LogP contribution in [0.1, 0.15) is 36.9 Å². The minimum Gasteiger partial charge on any atom is -0.346 e. The molecule has 3 rings (SSSR count). The zero-order chi connectivity index (χ0) is 16.4. The zero-order valence-electron chi connectivity index (χ0n) is 13.1. The highest BCUT2D eigenvalue weighted by Crippen LogP contribution is 2.46. The number of hydrogen-bond acceptors (Lipinski definition) is 2. The summed E-state index contributed by atoms with van der Waals surface area (Å²) in [5.74, 6) is -0.733. The van der Waals surface area contributed by atoms with E-state index in [1.54, 1.807) is 6.07 Å². The van der Waals surface area contributed by atoms with Crippen molar-refractivity contribution in [2.24, 2.45) is 11.7 Å². The molecule has 1 aliphatic carbocycles. The van der Waals surface area contributed by atoms with E-state index in [0.29, 0.717) is 0 Å². The topological polar surface area (TPSA) is 55.1 Å². The van der Waals surface area contributed by atoms with Gasteiger partial charge in [-0.2, -0.15) is 0 Å². The molecule has 1 aliphatic rings. The Bertz CT molecular complexity index is 698. The molecule has 0 aromatic heterocycles. The predicted octanol–water partition coefficient (Wildman–Crippen LogP) is 3.27. The van der Waals surface area contributed by atoms with Gasteiger partial charge in [0, 0.05) is 6.04 Å². The molecule has 2 aromatic rings. The first-order valence-electron chi connectivity index (χ1n) is 7.90. The molecule has 0 heterocycles. The van der Waals surface area contributed by atoms with Gasteiger partial charge in [-0.15, -0.1) is 0 Å². The van der Waals surface area contributed by atoms with Crippen LogP contribution in [0.3, 0.4) is 0 Å². The molecule has 0 spiro atoms. The minimum absolute atomic E-state index is 0.0943. The monoisotopic (exact) mass is 312 g/mol. The molecule has 2 atom stereocenters. The Morgan fingerprint density at radius 2 is 1.87 bits per heavy atom. The first-order chi connectivity index (χ1) is 11.0. The predicted molar refractivity (Wildman–Crippen MR) is 88.0 cm³/mol. The van der Waals surface area contributed by atoms with Crippen LogP contribution in [0.15, 0.2) is 54.6 Å². The summed E-state index contributed by atoms with van der Waals surface area (Å²) in [6.07, 6.45) is 1.66. The van der Waals surface area contributed by atoms with Crippen molar-refractivity contribution in [2.75, 3.05) is 0 Å². The van der Waals surface area contributed by atoms with Gasteiger partial charge >= 0.3 is 0 Å². The number of halogens is 1. The molecule has 2 aromatic carbocycles. The van der Waals surface area contributed by atoms with E-state index in [0.717, 1.165) is 24.0 Å². The summed E-state index contributed by atoms with van der Waals surface area (Å²) in [5, 5.41) is 3.08. The Labute approximate surface area is 135 Å². The third-order valence-electron chi connectivity index (χ3n) is 4.63. The van der Waals surface area contributed by atoms with Gasteiger partial charge in [-0.1, -0.05) is 49.4 Å². The van der Waals surface area contributed by atoms with Gasteiger partial charge in [-0.25, -0.2) is 4.39 Å². The van der Waals surface area contributed by atoms with Crippen LogP contribution in [0.25, 0.3) is 0 Å². The molecular weight excluding hydrogens is 291 g/mol. The molecule has 1 fully saturated rings. The molecule has 0 radical (unpaired) electrons. The van der Waals surface area contributed by atoms with Crippen LogP contribution in [0.4, 0.5) is 4.39 Å². The lowest BCUT2D eigenvalue weighted by Gasteiger charge is -2.24. The van der Waals surface area contributed by atoms with E-state index >= 15 is 0 Å². The highest BCUT2D eigenvalue weighted by atomic mass is 19.1. The summed E-state index contributed by atoms with van der Waals surface area (Å²) in [7, 11) is 0. The van der Waals surface area contributed by atoms with Crippen LogP contribution in [0.5, 0.6) is 0 Å². The van der Waals surface area contributed by atoms with Crippen LogP contribution in [-0.2, 0) is 10.3 Å². The molecule has 0 aliphatic heterocycles. The Kier molecular flexibility index (Phi) is 4.18. The summed E-state index contributed by atoms with van der Waals surface area (Å²) in [4.78, 5) is 12.6. The van der Waals surface area contributed by atoms with Crippen molar-refractivity contribution in [3.63, 3.8) is 0 Å². The molecule has 3 N–H and O–H groups in total. The van der Waals surface area contributed by atoms with Crippen LogP contribution in [0, 0.1) is 11.7 Å². The van der Waals surface area contributed by atoms with E-state index in [4.69, 9.17) is 5.73 Å². The maximum absolute atomic E-state index is 13.4. The number of benzene rings is 2. The largest absolute Gasteiger partial charge is 0.346 e. The molecule has 3 nitrogen and oxygen atoms in total. The molecule has 1 amide bonds. The van der Waals surface area contributed by atoms with E-state index in [9.17, 15) is 9.18 Å². The van der Waals surface area contributed by atoms with Gasteiger partial charge in [0.1, 0.15) is 5.82 Å². The lowest BCUT2D eigenvalue weighted by Crippen LogP contribution is -2.41. The van der Waals surface area contributed by atoms with Crippen molar-refractivity contribution in [2.45, 2.75) is 31.3 Å². The maximum Gasteiger partial charge on any atom is 0.225 e. The standard InChI is InChI=1S/C19H21FN2O/c1-13(17(21)14-6-3-2-4-7-14)18(23)22-19(10-11-19)15-8-5-9-16(20)12-15/h2-9,12-13,17H,10-11,21H2,1H3,(H,22,23). The van der Waals surface area contributed by atoms with Gasteiger partial charge in [0.05, 0.1) is 11.5 Å². The van der Waals surface area contributed by atoms with E-state index in [-0.39, 0.29) is 23.7 Å². The summed E-state index contributed by atoms with van der Waals surface area (Å²) in [5.41, 5.74) is 7.56. The SMILES string of the molecule is CC(C(=O)NC1(c2cccc(F)c2)CC1)C(N)c1ccccc1. The molecule has 120 valence electrons. The fourth-order valence-corrected chi connectivity index (χ4v) is 2.87. The van der Waals surface area contributed by atoms with Crippen LogP contribution < -0.4 is 11.1 Å². The Morgan fingerprint density at radius 1 is 1.17 bits per heavy atom. The Morgan fingerprint density at radius 3 is 2.48 bits per heavy atom. The summed E-state index contributed by atoms with van der Waals surface area (Å²) >= 11 is 0. The molecule has 0 saturated heterocycles. The molecule has 4 heteroatoms. The normalized spacial score (nSPS) is 18.0. The van der Waals surface area contributed by atoms with E-state index in [2.05, 4.69) is 5.32 Å². The van der Waals surface area contributed by atoms with Crippen LogP contribution >= 0.6 is 0 Å². The van der Waals surface area contributed by atoms with Gasteiger partial charge < -0.3 is 11.1 Å². The van der Waals surface area contributed by atoms with Crippen LogP contribution in [-0.4, -0.2) is 5.91 Å². The molecule has 1 saturated carbocycles. The Balaban J connectivity index is 1.71. The molecule has 0 bridgehead atoms. The number of nitrogens with two attached hydrogens (primary N) is 1.